The fraction of sp³-hybridized carbons (Fsp3) is 0.240. The first kappa shape index (κ1) is 24.4. The fourth-order valence-corrected chi connectivity index (χ4v) is 3.92. The third-order valence-electron chi connectivity index (χ3n) is 5.59. The molecule has 2 aromatic carbocycles. The summed E-state index contributed by atoms with van der Waals surface area (Å²) in [5.41, 5.74) is 8.25. The molecule has 9 nitrogen and oxygen atoms in total. The lowest BCUT2D eigenvalue weighted by molar-refractivity contribution is -0.139. The van der Waals surface area contributed by atoms with Crippen molar-refractivity contribution in [1.29, 1.82) is 5.26 Å². The average Bonchev–Trinajstić information content (AvgIpc) is 2.87. The van der Waals surface area contributed by atoms with Gasteiger partial charge >= 0.3 is 11.9 Å². The number of aliphatic hydroxyl groups excluding tert-OH is 1. The van der Waals surface area contributed by atoms with Crippen LogP contribution in [0.15, 0.2) is 77.3 Å². The van der Waals surface area contributed by atoms with Gasteiger partial charge in [0, 0.05) is 25.0 Å². The standard InChI is InChI=1S/C25H26N4O5/c1-28(13-14-30)17-9-11-18(12-10-17)29-22(25(32)34-3)21(24(31)33-2)20(19(15-26)23(29)27)16-7-5-4-6-8-16/h4-12,20,30H,13-14,27H2,1-3H3. The number of nitrogens with zero attached hydrogens (tertiary/aromatic N) is 3. The van der Waals surface area contributed by atoms with Crippen molar-refractivity contribution < 1.29 is 24.2 Å². The van der Waals surface area contributed by atoms with Crippen molar-refractivity contribution in [2.45, 2.75) is 5.92 Å². The maximum absolute atomic E-state index is 13.0. The number of allylic oxidation sites excluding steroid dienone is 1. The van der Waals surface area contributed by atoms with Crippen LogP contribution in [0.4, 0.5) is 11.4 Å². The summed E-state index contributed by atoms with van der Waals surface area (Å²) in [5.74, 6) is -2.50. The largest absolute Gasteiger partial charge is 0.466 e. The molecule has 1 atom stereocenters. The number of likely N-dealkylation sites (N-methyl/N-ethyl adjacent to an activating group) is 1. The summed E-state index contributed by atoms with van der Waals surface area (Å²) < 4.78 is 10.0. The third-order valence-corrected chi connectivity index (χ3v) is 5.59. The lowest BCUT2D eigenvalue weighted by atomic mass is 9.81. The molecule has 0 spiro atoms. The first-order valence-electron chi connectivity index (χ1n) is 10.5. The van der Waals surface area contributed by atoms with Gasteiger partial charge in [-0.25, -0.2) is 9.59 Å². The van der Waals surface area contributed by atoms with Crippen LogP contribution in [-0.4, -0.2) is 51.5 Å². The molecule has 0 aromatic heterocycles. The van der Waals surface area contributed by atoms with E-state index >= 15 is 0 Å². The number of nitriles is 1. The van der Waals surface area contributed by atoms with Crippen molar-refractivity contribution in [3.05, 3.63) is 82.8 Å². The summed E-state index contributed by atoms with van der Waals surface area (Å²) in [5, 5.41) is 19.2. The zero-order valence-electron chi connectivity index (χ0n) is 19.2. The first-order valence-corrected chi connectivity index (χ1v) is 10.5. The highest BCUT2D eigenvalue weighted by Crippen LogP contribution is 2.43. The van der Waals surface area contributed by atoms with E-state index in [1.165, 1.54) is 19.1 Å². The second kappa shape index (κ2) is 10.6. The van der Waals surface area contributed by atoms with Crippen molar-refractivity contribution in [2.75, 3.05) is 44.2 Å². The number of anilines is 2. The van der Waals surface area contributed by atoms with Gasteiger partial charge in [-0.15, -0.1) is 0 Å². The highest BCUT2D eigenvalue weighted by Gasteiger charge is 2.42. The van der Waals surface area contributed by atoms with Gasteiger partial charge in [-0.2, -0.15) is 5.26 Å². The van der Waals surface area contributed by atoms with Crippen LogP contribution in [0.2, 0.25) is 0 Å². The predicted molar refractivity (Wildman–Crippen MR) is 126 cm³/mol. The fourth-order valence-electron chi connectivity index (χ4n) is 3.92. The smallest absolute Gasteiger partial charge is 0.355 e. The van der Waals surface area contributed by atoms with Gasteiger partial charge in [0.2, 0.25) is 0 Å². The highest BCUT2D eigenvalue weighted by molar-refractivity contribution is 6.06. The molecular weight excluding hydrogens is 436 g/mol. The van der Waals surface area contributed by atoms with E-state index in [0.29, 0.717) is 17.8 Å². The van der Waals surface area contributed by atoms with Crippen LogP contribution in [-0.2, 0) is 19.1 Å². The minimum absolute atomic E-state index is 0.000805. The number of benzene rings is 2. The molecule has 1 unspecified atom stereocenters. The van der Waals surface area contributed by atoms with Crippen LogP contribution in [0.1, 0.15) is 11.5 Å². The van der Waals surface area contributed by atoms with Crippen molar-refractivity contribution in [1.82, 2.24) is 0 Å². The minimum Gasteiger partial charge on any atom is -0.466 e. The number of aliphatic hydroxyl groups is 1. The molecule has 1 aliphatic heterocycles. The molecule has 0 saturated carbocycles. The molecule has 9 heteroatoms. The molecule has 0 amide bonds. The number of hydrogen-bond acceptors (Lipinski definition) is 9. The Morgan fingerprint density at radius 3 is 2.24 bits per heavy atom. The van der Waals surface area contributed by atoms with Gasteiger partial charge in [0.05, 0.1) is 44.0 Å². The quantitative estimate of drug-likeness (QED) is 0.594. The molecule has 0 saturated heterocycles. The molecule has 0 radical (unpaired) electrons. The number of carbonyl (C=O) groups is 2. The lowest BCUT2D eigenvalue weighted by Gasteiger charge is -2.36. The SMILES string of the molecule is COC(=O)C1=C(C(=O)OC)N(c2ccc(N(C)CCO)cc2)C(N)=C(C#N)C1c1ccccc1. The van der Waals surface area contributed by atoms with Gasteiger partial charge in [-0.3, -0.25) is 4.90 Å². The van der Waals surface area contributed by atoms with E-state index in [4.69, 9.17) is 15.2 Å². The van der Waals surface area contributed by atoms with Crippen LogP contribution in [0.5, 0.6) is 0 Å². The Bertz CT molecular complexity index is 1170. The number of carbonyl (C=O) groups excluding carboxylic acids is 2. The molecular formula is C25H26N4O5. The predicted octanol–water partition coefficient (Wildman–Crippen LogP) is 2.01. The molecule has 2 aromatic rings. The molecule has 176 valence electrons. The molecule has 0 bridgehead atoms. The molecule has 3 N–H and O–H groups in total. The Kier molecular flexibility index (Phi) is 7.56. The number of rotatable bonds is 7. The average molecular weight is 463 g/mol. The zero-order valence-corrected chi connectivity index (χ0v) is 19.2. The van der Waals surface area contributed by atoms with E-state index in [1.807, 2.05) is 11.9 Å². The van der Waals surface area contributed by atoms with E-state index in [0.717, 1.165) is 5.69 Å². The number of esters is 2. The van der Waals surface area contributed by atoms with Crippen LogP contribution < -0.4 is 15.5 Å². The van der Waals surface area contributed by atoms with E-state index in [9.17, 15) is 20.0 Å². The Hall–Kier alpha value is -4.29. The number of methoxy groups -OCH3 is 2. The summed E-state index contributed by atoms with van der Waals surface area (Å²) in [7, 11) is 4.23. The Morgan fingerprint density at radius 2 is 1.71 bits per heavy atom. The molecule has 34 heavy (non-hydrogen) atoms. The van der Waals surface area contributed by atoms with E-state index < -0.39 is 17.9 Å². The first-order chi connectivity index (χ1) is 16.4. The summed E-state index contributed by atoms with van der Waals surface area (Å²) in [6, 6.07) is 17.9. The van der Waals surface area contributed by atoms with Crippen molar-refractivity contribution >= 4 is 23.3 Å². The third kappa shape index (κ3) is 4.44. The van der Waals surface area contributed by atoms with Crippen molar-refractivity contribution in [2.24, 2.45) is 5.73 Å². The minimum atomic E-state index is -0.918. The summed E-state index contributed by atoms with van der Waals surface area (Å²) >= 11 is 0. The van der Waals surface area contributed by atoms with E-state index in [2.05, 4.69) is 6.07 Å². The van der Waals surface area contributed by atoms with Gasteiger partial charge in [-0.1, -0.05) is 30.3 Å². The topological polar surface area (TPSA) is 129 Å². The van der Waals surface area contributed by atoms with Crippen molar-refractivity contribution in [3.63, 3.8) is 0 Å². The normalized spacial score (nSPS) is 15.6. The Labute approximate surface area is 197 Å². The molecule has 0 fully saturated rings. The van der Waals surface area contributed by atoms with Gasteiger partial charge < -0.3 is 25.2 Å². The maximum Gasteiger partial charge on any atom is 0.355 e. The maximum atomic E-state index is 13.0. The summed E-state index contributed by atoms with van der Waals surface area (Å²) in [6.07, 6.45) is 0. The van der Waals surface area contributed by atoms with E-state index in [-0.39, 0.29) is 29.3 Å². The van der Waals surface area contributed by atoms with E-state index in [1.54, 1.807) is 54.6 Å². The second-order valence-corrected chi connectivity index (χ2v) is 7.50. The van der Waals surface area contributed by atoms with Gasteiger partial charge in [-0.05, 0) is 29.8 Å². The second-order valence-electron chi connectivity index (χ2n) is 7.50. The molecule has 1 heterocycles. The molecule has 1 aliphatic rings. The molecule has 3 rings (SSSR count). The number of hydrogen-bond donors (Lipinski definition) is 2. The lowest BCUT2D eigenvalue weighted by Crippen LogP contribution is -2.40. The van der Waals surface area contributed by atoms with Crippen LogP contribution in [0.25, 0.3) is 0 Å². The Morgan fingerprint density at radius 1 is 1.09 bits per heavy atom. The molecule has 0 aliphatic carbocycles. The monoisotopic (exact) mass is 462 g/mol. The summed E-state index contributed by atoms with van der Waals surface area (Å²) in [6.45, 7) is 0.423. The number of nitrogens with two attached hydrogens (primary N) is 1. The highest BCUT2D eigenvalue weighted by atomic mass is 16.5. The Balaban J connectivity index is 2.28. The number of ether oxygens (including phenoxy) is 2. The summed E-state index contributed by atoms with van der Waals surface area (Å²) in [4.78, 5) is 29.2. The van der Waals surface area contributed by atoms with Crippen LogP contribution >= 0.6 is 0 Å². The van der Waals surface area contributed by atoms with Crippen molar-refractivity contribution in [3.8, 4) is 6.07 Å². The zero-order chi connectivity index (χ0) is 24.8. The van der Waals surface area contributed by atoms with Crippen LogP contribution in [0, 0.1) is 11.3 Å². The van der Waals surface area contributed by atoms with Gasteiger partial charge in [0.25, 0.3) is 0 Å². The van der Waals surface area contributed by atoms with Gasteiger partial charge in [0.1, 0.15) is 11.5 Å². The van der Waals surface area contributed by atoms with Crippen LogP contribution in [0.3, 0.4) is 0 Å². The van der Waals surface area contributed by atoms with Gasteiger partial charge in [0.15, 0.2) is 0 Å².